The lowest BCUT2D eigenvalue weighted by Gasteiger charge is -2.13. The molecule has 9 heteroatoms. The van der Waals surface area contributed by atoms with Crippen LogP contribution in [0.5, 0.6) is 11.5 Å². The fourth-order valence-electron chi connectivity index (χ4n) is 5.07. The van der Waals surface area contributed by atoms with Crippen LogP contribution in [0, 0.1) is 6.92 Å². The van der Waals surface area contributed by atoms with E-state index in [1.165, 1.54) is 14.2 Å². The molecule has 4 aromatic carbocycles. The smallest absolute Gasteiger partial charge is 0.227 e. The maximum absolute atomic E-state index is 11.6. The van der Waals surface area contributed by atoms with Gasteiger partial charge < -0.3 is 19.0 Å². The molecule has 8 nitrogen and oxygen atoms in total. The molecule has 0 aliphatic carbocycles. The molecule has 0 aliphatic heterocycles. The van der Waals surface area contributed by atoms with Crippen LogP contribution >= 0.6 is 11.6 Å². The summed E-state index contributed by atoms with van der Waals surface area (Å²) in [6, 6.07) is 19.0. The van der Waals surface area contributed by atoms with Crippen LogP contribution in [0.3, 0.4) is 0 Å². The van der Waals surface area contributed by atoms with E-state index in [9.17, 15) is 9.90 Å². The Morgan fingerprint density at radius 1 is 1.00 bits per heavy atom. The molecule has 200 valence electrons. The molecule has 6 aromatic rings. The van der Waals surface area contributed by atoms with Crippen LogP contribution < -0.4 is 9.47 Å². The molecule has 0 atom stereocenters. The normalized spacial score (nSPS) is 11.3. The third-order valence-corrected chi connectivity index (χ3v) is 7.33. The molecular formula is C31H24ClN3O5. The third kappa shape index (κ3) is 4.09. The third-order valence-electron chi connectivity index (χ3n) is 7.05. The largest absolute Gasteiger partial charge is 0.496 e. The van der Waals surface area contributed by atoms with Gasteiger partial charge in [0.05, 0.1) is 48.8 Å². The van der Waals surface area contributed by atoms with Gasteiger partial charge in [0, 0.05) is 23.1 Å². The van der Waals surface area contributed by atoms with Crippen molar-refractivity contribution in [3.8, 4) is 39.8 Å². The van der Waals surface area contributed by atoms with Crippen molar-refractivity contribution >= 4 is 39.9 Å². The molecule has 0 aliphatic rings. The van der Waals surface area contributed by atoms with Crippen LogP contribution in [0.2, 0.25) is 5.02 Å². The number of carbonyl (C=O) groups excluding carboxylic acids is 1. The first kappa shape index (κ1) is 25.6. The summed E-state index contributed by atoms with van der Waals surface area (Å²) in [5.74, 6) is 1.25. The number of nitrogens with zero attached hydrogens (tertiary/aromatic N) is 3. The van der Waals surface area contributed by atoms with Gasteiger partial charge in [-0.05, 0) is 53.4 Å². The van der Waals surface area contributed by atoms with Crippen LogP contribution in [-0.4, -0.2) is 40.4 Å². The van der Waals surface area contributed by atoms with Gasteiger partial charge in [-0.1, -0.05) is 35.9 Å². The molecule has 0 radical (unpaired) electrons. The maximum Gasteiger partial charge on any atom is 0.227 e. The highest BCUT2D eigenvalue weighted by Gasteiger charge is 2.19. The minimum absolute atomic E-state index is 0.134. The lowest BCUT2D eigenvalue weighted by atomic mass is 9.94. The number of hydrogen-bond donors (Lipinski definition) is 1. The molecule has 2 aromatic heterocycles. The monoisotopic (exact) mass is 553 g/mol. The van der Waals surface area contributed by atoms with Crippen LogP contribution in [0.15, 0.2) is 71.3 Å². The van der Waals surface area contributed by atoms with Crippen LogP contribution in [0.4, 0.5) is 0 Å². The lowest BCUT2D eigenvalue weighted by Crippen LogP contribution is -2.01. The zero-order chi connectivity index (χ0) is 28.0. The van der Waals surface area contributed by atoms with E-state index in [2.05, 4.69) is 16.1 Å². The van der Waals surface area contributed by atoms with E-state index in [0.29, 0.717) is 56.6 Å². The van der Waals surface area contributed by atoms with Crippen molar-refractivity contribution in [2.75, 3.05) is 14.2 Å². The SMILES string of the molecule is COc1cc(-n2ncc3c(-c4cccc(-c5nc6cc(CO)cc(Cl)c6o5)c4C)cccc32)cc(OC)c1C=O. The summed E-state index contributed by atoms with van der Waals surface area (Å²) >= 11 is 6.39. The number of aromatic nitrogens is 3. The molecule has 1 N–H and O–H groups in total. The summed E-state index contributed by atoms with van der Waals surface area (Å²) in [5, 5.41) is 15.6. The second-order valence-corrected chi connectivity index (χ2v) is 9.66. The summed E-state index contributed by atoms with van der Waals surface area (Å²) in [7, 11) is 3.02. The molecule has 6 rings (SSSR count). The first-order valence-corrected chi connectivity index (χ1v) is 12.8. The molecule has 0 amide bonds. The van der Waals surface area contributed by atoms with Gasteiger partial charge in [-0.3, -0.25) is 4.79 Å². The number of carbonyl (C=O) groups is 1. The Hall–Kier alpha value is -4.66. The number of aliphatic hydroxyl groups excluding tert-OH is 1. The van der Waals surface area contributed by atoms with E-state index in [1.54, 1.807) is 28.9 Å². The molecule has 0 spiro atoms. The van der Waals surface area contributed by atoms with Crippen molar-refractivity contribution in [1.82, 2.24) is 14.8 Å². The zero-order valence-electron chi connectivity index (χ0n) is 21.9. The van der Waals surface area contributed by atoms with E-state index >= 15 is 0 Å². The van der Waals surface area contributed by atoms with Crippen LogP contribution in [-0.2, 0) is 6.61 Å². The summed E-state index contributed by atoms with van der Waals surface area (Å²) in [4.78, 5) is 16.3. The Bertz CT molecular complexity index is 1900. The molecule has 0 saturated heterocycles. The molecular weight excluding hydrogens is 530 g/mol. The van der Waals surface area contributed by atoms with Crippen molar-refractivity contribution in [1.29, 1.82) is 0 Å². The molecule has 0 saturated carbocycles. The number of hydrogen-bond acceptors (Lipinski definition) is 7. The Morgan fingerprint density at radius 2 is 1.70 bits per heavy atom. The van der Waals surface area contributed by atoms with Crippen molar-refractivity contribution in [3.05, 3.63) is 88.6 Å². The average Bonchev–Trinajstić information content (AvgIpc) is 3.61. The number of fused-ring (bicyclic) bond motifs is 2. The van der Waals surface area contributed by atoms with E-state index < -0.39 is 0 Å². The summed E-state index contributed by atoms with van der Waals surface area (Å²) in [6.45, 7) is 1.89. The standard InChI is InChI=1S/C31H24ClN3O5/c1-17-20(6-4-7-21(17)31-34-26-11-18(15-36)10-25(32)30(26)40-31)22-8-5-9-27-23(22)14-33-35(27)19-12-28(38-2)24(16-37)29(13-19)39-3/h4-14,16,36H,15H2,1-3H3. The minimum atomic E-state index is -0.134. The molecule has 0 bridgehead atoms. The summed E-state index contributed by atoms with van der Waals surface area (Å²) in [5.41, 5.74) is 7.44. The van der Waals surface area contributed by atoms with Gasteiger partial charge in [-0.2, -0.15) is 5.10 Å². The molecule has 40 heavy (non-hydrogen) atoms. The van der Waals surface area contributed by atoms with Crippen molar-refractivity contribution in [3.63, 3.8) is 0 Å². The molecule has 0 unspecified atom stereocenters. The fraction of sp³-hybridized carbons (Fsp3) is 0.129. The second kappa shape index (κ2) is 10.1. The van der Waals surface area contributed by atoms with Gasteiger partial charge in [0.25, 0.3) is 0 Å². The fourth-order valence-corrected chi connectivity index (χ4v) is 5.34. The van der Waals surface area contributed by atoms with E-state index in [1.807, 2.05) is 43.5 Å². The number of benzene rings is 4. The van der Waals surface area contributed by atoms with Gasteiger partial charge in [0.2, 0.25) is 5.89 Å². The predicted molar refractivity (Wildman–Crippen MR) is 154 cm³/mol. The summed E-state index contributed by atoms with van der Waals surface area (Å²) < 4.78 is 18.8. The Labute approximate surface area is 234 Å². The second-order valence-electron chi connectivity index (χ2n) is 9.26. The Kier molecular flexibility index (Phi) is 6.50. The molecule has 2 heterocycles. The highest BCUT2D eigenvalue weighted by atomic mass is 35.5. The van der Waals surface area contributed by atoms with E-state index in [4.69, 9.17) is 25.5 Å². The van der Waals surface area contributed by atoms with Crippen molar-refractivity contribution < 1.29 is 23.8 Å². The van der Waals surface area contributed by atoms with Crippen molar-refractivity contribution in [2.45, 2.75) is 13.5 Å². The van der Waals surface area contributed by atoms with Crippen molar-refractivity contribution in [2.24, 2.45) is 0 Å². The topological polar surface area (TPSA) is 99.6 Å². The number of rotatable bonds is 7. The number of oxazole rings is 1. The zero-order valence-corrected chi connectivity index (χ0v) is 22.7. The van der Waals surface area contributed by atoms with Crippen LogP contribution in [0.25, 0.3) is 50.3 Å². The van der Waals surface area contributed by atoms with Gasteiger partial charge in [0.15, 0.2) is 11.9 Å². The maximum atomic E-state index is 11.6. The number of aliphatic hydroxyl groups is 1. The Balaban J connectivity index is 1.48. The van der Waals surface area contributed by atoms with E-state index in [-0.39, 0.29) is 6.61 Å². The van der Waals surface area contributed by atoms with Gasteiger partial charge in [-0.15, -0.1) is 0 Å². The number of halogens is 1. The Morgan fingerprint density at radius 3 is 2.40 bits per heavy atom. The highest BCUT2D eigenvalue weighted by Crippen LogP contribution is 2.38. The quantitative estimate of drug-likeness (QED) is 0.217. The number of ether oxygens (including phenoxy) is 2. The predicted octanol–water partition coefficient (Wildman–Crippen LogP) is 6.78. The minimum Gasteiger partial charge on any atom is -0.496 e. The highest BCUT2D eigenvalue weighted by molar-refractivity contribution is 6.34. The van der Waals surface area contributed by atoms with E-state index in [0.717, 1.165) is 33.2 Å². The average molecular weight is 554 g/mol. The van der Waals surface area contributed by atoms with Crippen LogP contribution in [0.1, 0.15) is 21.5 Å². The number of aldehydes is 1. The van der Waals surface area contributed by atoms with Gasteiger partial charge >= 0.3 is 0 Å². The van der Waals surface area contributed by atoms with Gasteiger partial charge in [-0.25, -0.2) is 9.67 Å². The lowest BCUT2D eigenvalue weighted by molar-refractivity contribution is 0.111. The molecule has 0 fully saturated rings. The number of methoxy groups -OCH3 is 2. The first-order chi connectivity index (χ1) is 19.5. The van der Waals surface area contributed by atoms with Gasteiger partial charge in [0.1, 0.15) is 17.0 Å². The first-order valence-electron chi connectivity index (χ1n) is 12.5. The summed E-state index contributed by atoms with van der Waals surface area (Å²) in [6.07, 6.45) is 2.53.